The van der Waals surface area contributed by atoms with E-state index in [2.05, 4.69) is 21.2 Å². The minimum atomic E-state index is 0.00738. The van der Waals surface area contributed by atoms with Crippen LogP contribution in [0.5, 0.6) is 0 Å². The zero-order valence-electron chi connectivity index (χ0n) is 8.68. The normalized spacial score (nSPS) is 10.5. The van der Waals surface area contributed by atoms with Gasteiger partial charge in [0.15, 0.2) is 0 Å². The molecule has 0 heterocycles. The first kappa shape index (κ1) is 12.5. The first-order valence-electron chi connectivity index (χ1n) is 4.72. The second kappa shape index (κ2) is 5.52. The minimum Gasteiger partial charge on any atom is -0.354 e. The van der Waals surface area contributed by atoms with Crippen LogP contribution < -0.4 is 5.32 Å². The summed E-state index contributed by atoms with van der Waals surface area (Å²) in [5.41, 5.74) is 0.903. The van der Waals surface area contributed by atoms with Crippen molar-refractivity contribution in [1.29, 1.82) is 0 Å². The fourth-order valence-electron chi connectivity index (χ4n) is 1.22. The van der Waals surface area contributed by atoms with Gasteiger partial charge in [0.2, 0.25) is 5.91 Å². The maximum Gasteiger partial charge on any atom is 0.224 e. The fraction of sp³-hybridized carbons (Fsp3) is 0.364. The Morgan fingerprint density at radius 2 is 2.20 bits per heavy atom. The lowest BCUT2D eigenvalue weighted by Crippen LogP contribution is -2.31. The molecule has 15 heavy (non-hydrogen) atoms. The summed E-state index contributed by atoms with van der Waals surface area (Å²) in [7, 11) is 0. The zero-order valence-corrected chi connectivity index (χ0v) is 11.0. The smallest absolute Gasteiger partial charge is 0.224 e. The summed E-state index contributed by atoms with van der Waals surface area (Å²) in [5, 5.41) is 3.48. The SMILES string of the molecule is CC(C)NC(=O)Cc1cc(Cl)ccc1Br. The highest BCUT2D eigenvalue weighted by molar-refractivity contribution is 9.10. The summed E-state index contributed by atoms with van der Waals surface area (Å²) in [6, 6.07) is 5.59. The Labute approximate surface area is 103 Å². The van der Waals surface area contributed by atoms with Crippen molar-refractivity contribution in [3.05, 3.63) is 33.3 Å². The quantitative estimate of drug-likeness (QED) is 0.910. The molecule has 1 N–H and O–H groups in total. The molecular weight excluding hydrogens is 277 g/mol. The van der Waals surface area contributed by atoms with E-state index >= 15 is 0 Å². The van der Waals surface area contributed by atoms with Gasteiger partial charge in [-0.1, -0.05) is 27.5 Å². The predicted octanol–water partition coefficient (Wildman–Crippen LogP) is 3.17. The Morgan fingerprint density at radius 1 is 1.53 bits per heavy atom. The Balaban J connectivity index is 2.71. The molecule has 0 aromatic heterocycles. The zero-order chi connectivity index (χ0) is 11.4. The van der Waals surface area contributed by atoms with Crippen LogP contribution in [0.2, 0.25) is 5.02 Å². The Hall–Kier alpha value is -0.540. The first-order valence-corrected chi connectivity index (χ1v) is 5.89. The molecule has 0 aliphatic rings. The standard InChI is InChI=1S/C11H13BrClNO/c1-7(2)14-11(15)6-8-5-9(13)3-4-10(8)12/h3-5,7H,6H2,1-2H3,(H,14,15). The Morgan fingerprint density at radius 3 is 2.80 bits per heavy atom. The van der Waals surface area contributed by atoms with Crippen LogP contribution in [-0.2, 0) is 11.2 Å². The van der Waals surface area contributed by atoms with Gasteiger partial charge in [-0.05, 0) is 37.6 Å². The van der Waals surface area contributed by atoms with E-state index in [9.17, 15) is 4.79 Å². The molecular formula is C11H13BrClNO. The molecule has 0 fully saturated rings. The number of benzene rings is 1. The number of hydrogen-bond acceptors (Lipinski definition) is 1. The van der Waals surface area contributed by atoms with Crippen LogP contribution in [0, 0.1) is 0 Å². The van der Waals surface area contributed by atoms with E-state index in [1.165, 1.54) is 0 Å². The molecule has 1 aromatic rings. The average molecular weight is 291 g/mol. The second-order valence-electron chi connectivity index (χ2n) is 3.63. The van der Waals surface area contributed by atoms with Gasteiger partial charge in [-0.25, -0.2) is 0 Å². The Kier molecular flexibility index (Phi) is 4.61. The van der Waals surface area contributed by atoms with Crippen LogP contribution >= 0.6 is 27.5 Å². The van der Waals surface area contributed by atoms with Crippen molar-refractivity contribution < 1.29 is 4.79 Å². The number of nitrogens with one attached hydrogen (secondary N) is 1. The molecule has 1 rings (SSSR count). The number of halogens is 2. The van der Waals surface area contributed by atoms with Gasteiger partial charge in [0.1, 0.15) is 0 Å². The van der Waals surface area contributed by atoms with Gasteiger partial charge in [0.05, 0.1) is 6.42 Å². The summed E-state index contributed by atoms with van der Waals surface area (Å²) >= 11 is 9.24. The van der Waals surface area contributed by atoms with Gasteiger partial charge < -0.3 is 5.32 Å². The molecule has 0 aliphatic carbocycles. The van der Waals surface area contributed by atoms with Gasteiger partial charge in [0, 0.05) is 15.5 Å². The summed E-state index contributed by atoms with van der Waals surface area (Å²) in [6.07, 6.45) is 0.347. The van der Waals surface area contributed by atoms with Gasteiger partial charge in [-0.2, -0.15) is 0 Å². The predicted molar refractivity (Wildman–Crippen MR) is 66.1 cm³/mol. The molecule has 0 saturated heterocycles. The summed E-state index contributed by atoms with van der Waals surface area (Å²) in [5.74, 6) is 0.00738. The van der Waals surface area contributed by atoms with Crippen LogP contribution in [0.25, 0.3) is 0 Å². The van der Waals surface area contributed by atoms with E-state index in [0.717, 1.165) is 10.0 Å². The molecule has 1 amide bonds. The molecule has 0 unspecified atom stereocenters. The highest BCUT2D eigenvalue weighted by Crippen LogP contribution is 2.21. The number of hydrogen-bond donors (Lipinski definition) is 1. The van der Waals surface area contributed by atoms with Crippen LogP contribution in [0.4, 0.5) is 0 Å². The Bertz CT molecular complexity index is 366. The molecule has 2 nitrogen and oxygen atoms in total. The van der Waals surface area contributed by atoms with Crippen LogP contribution in [0.15, 0.2) is 22.7 Å². The maximum absolute atomic E-state index is 11.5. The molecule has 0 bridgehead atoms. The van der Waals surface area contributed by atoms with Crippen LogP contribution in [0.1, 0.15) is 19.4 Å². The summed E-state index contributed by atoms with van der Waals surface area (Å²) in [4.78, 5) is 11.5. The first-order chi connectivity index (χ1) is 6.99. The van der Waals surface area contributed by atoms with Gasteiger partial charge >= 0.3 is 0 Å². The molecule has 82 valence electrons. The van der Waals surface area contributed by atoms with Crippen molar-refractivity contribution in [2.24, 2.45) is 0 Å². The van der Waals surface area contributed by atoms with Gasteiger partial charge in [-0.15, -0.1) is 0 Å². The molecule has 0 atom stereocenters. The summed E-state index contributed by atoms with van der Waals surface area (Å²) in [6.45, 7) is 3.87. The number of carbonyl (C=O) groups excluding carboxylic acids is 1. The lowest BCUT2D eigenvalue weighted by atomic mass is 10.1. The van der Waals surface area contributed by atoms with E-state index in [1.54, 1.807) is 12.1 Å². The number of rotatable bonds is 3. The molecule has 0 saturated carbocycles. The van der Waals surface area contributed by atoms with Gasteiger partial charge in [-0.3, -0.25) is 4.79 Å². The van der Waals surface area contributed by atoms with E-state index in [-0.39, 0.29) is 11.9 Å². The van der Waals surface area contributed by atoms with E-state index in [4.69, 9.17) is 11.6 Å². The lowest BCUT2D eigenvalue weighted by molar-refractivity contribution is -0.120. The highest BCUT2D eigenvalue weighted by atomic mass is 79.9. The monoisotopic (exact) mass is 289 g/mol. The van der Waals surface area contributed by atoms with E-state index < -0.39 is 0 Å². The van der Waals surface area contributed by atoms with Crippen LogP contribution in [0.3, 0.4) is 0 Å². The van der Waals surface area contributed by atoms with Gasteiger partial charge in [0.25, 0.3) is 0 Å². The fourth-order valence-corrected chi connectivity index (χ4v) is 1.81. The van der Waals surface area contributed by atoms with E-state index in [0.29, 0.717) is 11.4 Å². The van der Waals surface area contributed by atoms with Crippen molar-refractivity contribution in [3.8, 4) is 0 Å². The number of amides is 1. The van der Waals surface area contributed by atoms with Crippen molar-refractivity contribution in [3.63, 3.8) is 0 Å². The van der Waals surface area contributed by atoms with Crippen molar-refractivity contribution in [2.45, 2.75) is 26.3 Å². The third kappa shape index (κ3) is 4.22. The largest absolute Gasteiger partial charge is 0.354 e. The minimum absolute atomic E-state index is 0.00738. The lowest BCUT2D eigenvalue weighted by Gasteiger charge is -2.09. The average Bonchev–Trinajstić information content (AvgIpc) is 2.10. The van der Waals surface area contributed by atoms with Crippen molar-refractivity contribution in [2.75, 3.05) is 0 Å². The molecule has 0 radical (unpaired) electrons. The summed E-state index contributed by atoms with van der Waals surface area (Å²) < 4.78 is 0.908. The number of carbonyl (C=O) groups is 1. The van der Waals surface area contributed by atoms with Crippen LogP contribution in [-0.4, -0.2) is 11.9 Å². The van der Waals surface area contributed by atoms with E-state index in [1.807, 2.05) is 19.9 Å². The highest BCUT2D eigenvalue weighted by Gasteiger charge is 2.08. The third-order valence-electron chi connectivity index (χ3n) is 1.81. The van der Waals surface area contributed by atoms with Crippen molar-refractivity contribution in [1.82, 2.24) is 5.32 Å². The molecule has 1 aromatic carbocycles. The third-order valence-corrected chi connectivity index (χ3v) is 2.82. The van der Waals surface area contributed by atoms with Crippen molar-refractivity contribution >= 4 is 33.4 Å². The topological polar surface area (TPSA) is 29.1 Å². The maximum atomic E-state index is 11.5. The molecule has 0 aliphatic heterocycles. The molecule has 0 spiro atoms. The second-order valence-corrected chi connectivity index (χ2v) is 4.93. The molecule has 4 heteroatoms.